The number of hydrogen-bond donors (Lipinski definition) is 2. The van der Waals surface area contributed by atoms with Crippen LogP contribution in [0.25, 0.3) is 0 Å². The van der Waals surface area contributed by atoms with Gasteiger partial charge in [0.15, 0.2) is 0 Å². The fourth-order valence-electron chi connectivity index (χ4n) is 1.43. The number of carbonyl (C=O) groups excluding carboxylic acids is 1. The van der Waals surface area contributed by atoms with E-state index in [0.717, 1.165) is 5.57 Å². The van der Waals surface area contributed by atoms with Crippen molar-refractivity contribution in [1.82, 2.24) is 5.32 Å². The maximum Gasteiger partial charge on any atom is 0.251 e. The third kappa shape index (κ3) is 5.63. The zero-order valence-electron chi connectivity index (χ0n) is 12.1. The minimum Gasteiger partial charge on any atom is -0.489 e. The number of nitrogens with two attached hydrogens (primary N) is 1. The summed E-state index contributed by atoms with van der Waals surface area (Å²) in [5.74, 6) is 0.564. The fourth-order valence-corrected chi connectivity index (χ4v) is 1.58. The molecule has 3 N–H and O–H groups in total. The molecule has 0 aliphatic carbocycles. The molecule has 0 aromatic heterocycles. The Kier molecular flexibility index (Phi) is 6.05. The molecule has 0 aliphatic heterocycles. The number of rotatable bonds is 5. The number of carbonyl (C=O) groups is 1. The molecule has 5 heteroatoms. The van der Waals surface area contributed by atoms with Gasteiger partial charge < -0.3 is 15.8 Å². The van der Waals surface area contributed by atoms with Crippen LogP contribution in [-0.4, -0.2) is 24.6 Å². The van der Waals surface area contributed by atoms with Crippen molar-refractivity contribution in [2.45, 2.75) is 26.3 Å². The van der Waals surface area contributed by atoms with Crippen molar-refractivity contribution >= 4 is 17.5 Å². The zero-order chi connectivity index (χ0) is 15.2. The van der Waals surface area contributed by atoms with Gasteiger partial charge in [0, 0.05) is 23.2 Å². The molecule has 0 heterocycles. The molecule has 20 heavy (non-hydrogen) atoms. The van der Waals surface area contributed by atoms with E-state index >= 15 is 0 Å². The summed E-state index contributed by atoms with van der Waals surface area (Å²) in [6, 6.07) is 6.95. The lowest BCUT2D eigenvalue weighted by Gasteiger charge is -2.20. The highest BCUT2D eigenvalue weighted by Gasteiger charge is 2.15. The molecular weight excluding hydrogens is 276 g/mol. The van der Waals surface area contributed by atoms with Crippen LogP contribution >= 0.6 is 11.6 Å². The van der Waals surface area contributed by atoms with E-state index in [1.807, 2.05) is 20.8 Å². The molecule has 1 amide bonds. The van der Waals surface area contributed by atoms with Crippen LogP contribution in [0, 0.1) is 0 Å². The predicted molar refractivity (Wildman–Crippen MR) is 82.1 cm³/mol. The number of benzene rings is 1. The molecule has 1 rings (SSSR count). The lowest BCUT2D eigenvalue weighted by molar-refractivity contribution is 0.0919. The van der Waals surface area contributed by atoms with Crippen LogP contribution in [0.3, 0.4) is 0 Å². The normalized spacial score (nSPS) is 12.2. The van der Waals surface area contributed by atoms with Crippen LogP contribution in [0.5, 0.6) is 5.75 Å². The molecule has 1 aromatic rings. The Bertz CT molecular complexity index is 476. The number of nitrogens with one attached hydrogen (secondary N) is 1. The van der Waals surface area contributed by atoms with Crippen LogP contribution in [0.1, 0.15) is 31.1 Å². The lowest BCUT2D eigenvalue weighted by atomic mass is 10.1. The minimum atomic E-state index is -0.257. The Morgan fingerprint density at radius 3 is 2.40 bits per heavy atom. The SMILES string of the molecule is CC(C)(C)NC(=O)c1ccc(OCC(=CCl)CN)cc1. The van der Waals surface area contributed by atoms with Gasteiger partial charge in [0.05, 0.1) is 0 Å². The van der Waals surface area contributed by atoms with Crippen molar-refractivity contribution in [3.05, 3.63) is 40.9 Å². The summed E-state index contributed by atoms with van der Waals surface area (Å²) in [7, 11) is 0. The van der Waals surface area contributed by atoms with Gasteiger partial charge in [-0.25, -0.2) is 0 Å². The molecule has 4 nitrogen and oxygen atoms in total. The summed E-state index contributed by atoms with van der Waals surface area (Å²) in [4.78, 5) is 11.9. The molecule has 0 aliphatic rings. The molecule has 0 fully saturated rings. The van der Waals surface area contributed by atoms with E-state index in [2.05, 4.69) is 5.32 Å². The maximum atomic E-state index is 11.9. The predicted octanol–water partition coefficient (Wildman–Crippen LogP) is 2.68. The van der Waals surface area contributed by atoms with Crippen LogP contribution in [0.4, 0.5) is 0 Å². The van der Waals surface area contributed by atoms with Crippen molar-refractivity contribution in [1.29, 1.82) is 0 Å². The molecule has 1 aromatic carbocycles. The molecule has 0 radical (unpaired) electrons. The Labute approximate surface area is 124 Å². The van der Waals surface area contributed by atoms with E-state index in [9.17, 15) is 4.79 Å². The first-order valence-electron chi connectivity index (χ1n) is 6.39. The Balaban J connectivity index is 2.63. The van der Waals surface area contributed by atoms with Gasteiger partial charge in [0.1, 0.15) is 12.4 Å². The average molecular weight is 297 g/mol. The first-order valence-corrected chi connectivity index (χ1v) is 6.83. The van der Waals surface area contributed by atoms with Gasteiger partial charge in [-0.15, -0.1) is 0 Å². The smallest absolute Gasteiger partial charge is 0.251 e. The molecule has 0 saturated carbocycles. The van der Waals surface area contributed by atoms with Crippen molar-refractivity contribution in [2.24, 2.45) is 5.73 Å². The summed E-state index contributed by atoms with van der Waals surface area (Å²) in [6.45, 7) is 6.52. The van der Waals surface area contributed by atoms with Crippen LogP contribution in [0.15, 0.2) is 35.4 Å². The highest BCUT2D eigenvalue weighted by atomic mass is 35.5. The van der Waals surface area contributed by atoms with E-state index in [1.165, 1.54) is 5.54 Å². The van der Waals surface area contributed by atoms with Gasteiger partial charge in [0.2, 0.25) is 0 Å². The van der Waals surface area contributed by atoms with Crippen molar-refractivity contribution in [3.8, 4) is 5.75 Å². The summed E-state index contributed by atoms with van der Waals surface area (Å²) >= 11 is 5.59. The summed E-state index contributed by atoms with van der Waals surface area (Å²) in [5, 5.41) is 2.90. The Morgan fingerprint density at radius 2 is 1.95 bits per heavy atom. The van der Waals surface area contributed by atoms with Gasteiger partial charge in [-0.1, -0.05) is 11.6 Å². The third-order valence-electron chi connectivity index (χ3n) is 2.45. The van der Waals surface area contributed by atoms with Gasteiger partial charge >= 0.3 is 0 Å². The number of halogens is 1. The van der Waals surface area contributed by atoms with Crippen LogP contribution in [-0.2, 0) is 0 Å². The third-order valence-corrected chi connectivity index (χ3v) is 2.75. The highest BCUT2D eigenvalue weighted by Crippen LogP contribution is 2.14. The molecular formula is C15H21ClN2O2. The lowest BCUT2D eigenvalue weighted by Crippen LogP contribution is -2.40. The Hall–Kier alpha value is -1.52. The molecule has 0 saturated heterocycles. The number of amides is 1. The van der Waals surface area contributed by atoms with E-state index in [0.29, 0.717) is 24.5 Å². The Morgan fingerprint density at radius 1 is 1.35 bits per heavy atom. The maximum absolute atomic E-state index is 11.9. The van der Waals surface area contributed by atoms with E-state index in [-0.39, 0.29) is 11.4 Å². The number of hydrogen-bond acceptors (Lipinski definition) is 3. The van der Waals surface area contributed by atoms with Gasteiger partial charge in [0.25, 0.3) is 5.91 Å². The van der Waals surface area contributed by atoms with E-state index < -0.39 is 0 Å². The monoisotopic (exact) mass is 296 g/mol. The topological polar surface area (TPSA) is 64.3 Å². The molecule has 0 bridgehead atoms. The number of ether oxygens (including phenoxy) is 1. The fraction of sp³-hybridized carbons (Fsp3) is 0.400. The first kappa shape index (κ1) is 16.5. The van der Waals surface area contributed by atoms with Gasteiger partial charge in [-0.2, -0.15) is 0 Å². The molecule has 0 spiro atoms. The molecule has 110 valence electrons. The molecule has 0 unspecified atom stereocenters. The zero-order valence-corrected chi connectivity index (χ0v) is 12.8. The minimum absolute atomic E-state index is 0.104. The van der Waals surface area contributed by atoms with Gasteiger partial charge in [-0.05, 0) is 50.6 Å². The van der Waals surface area contributed by atoms with Gasteiger partial charge in [-0.3, -0.25) is 4.79 Å². The van der Waals surface area contributed by atoms with Crippen molar-refractivity contribution < 1.29 is 9.53 Å². The molecule has 0 atom stereocenters. The second-order valence-electron chi connectivity index (χ2n) is 5.49. The van der Waals surface area contributed by atoms with Crippen molar-refractivity contribution in [3.63, 3.8) is 0 Å². The second-order valence-corrected chi connectivity index (χ2v) is 5.71. The standard InChI is InChI=1S/C15H21ClN2O2/c1-15(2,3)18-14(19)12-4-6-13(7-5-12)20-10-11(8-16)9-17/h4-8H,9-10,17H2,1-3H3,(H,18,19). The second kappa shape index (κ2) is 7.31. The highest BCUT2D eigenvalue weighted by molar-refractivity contribution is 6.25. The van der Waals surface area contributed by atoms with Crippen LogP contribution < -0.4 is 15.8 Å². The quantitative estimate of drug-likeness (QED) is 0.878. The first-order chi connectivity index (χ1) is 9.35. The average Bonchev–Trinajstić information content (AvgIpc) is 2.38. The van der Waals surface area contributed by atoms with Crippen molar-refractivity contribution in [2.75, 3.05) is 13.2 Å². The van der Waals surface area contributed by atoms with E-state index in [1.54, 1.807) is 24.3 Å². The largest absolute Gasteiger partial charge is 0.489 e. The van der Waals surface area contributed by atoms with Crippen LogP contribution in [0.2, 0.25) is 0 Å². The summed E-state index contributed by atoms with van der Waals surface area (Å²) in [6.07, 6.45) is 0. The summed E-state index contributed by atoms with van der Waals surface area (Å²) < 4.78 is 5.52. The summed E-state index contributed by atoms with van der Waals surface area (Å²) in [5.41, 5.74) is 8.05. The van der Waals surface area contributed by atoms with E-state index in [4.69, 9.17) is 22.1 Å².